The van der Waals surface area contributed by atoms with Crippen molar-refractivity contribution in [1.29, 1.82) is 0 Å². The summed E-state index contributed by atoms with van der Waals surface area (Å²) in [7, 11) is 0. The second-order valence-electron chi connectivity index (χ2n) is 6.47. The van der Waals surface area contributed by atoms with Gasteiger partial charge in [-0.15, -0.1) is 0 Å². The van der Waals surface area contributed by atoms with E-state index in [-0.39, 0.29) is 11.7 Å². The van der Waals surface area contributed by atoms with Gasteiger partial charge < -0.3 is 15.4 Å². The number of hydrogen-bond acceptors (Lipinski definition) is 3. The third-order valence-electron chi connectivity index (χ3n) is 4.69. The Balaban J connectivity index is 1.70. The summed E-state index contributed by atoms with van der Waals surface area (Å²) in [5, 5.41) is 0. The van der Waals surface area contributed by atoms with Crippen LogP contribution in [0.2, 0.25) is 0 Å². The van der Waals surface area contributed by atoms with E-state index in [9.17, 15) is 9.18 Å². The Morgan fingerprint density at radius 2 is 1.79 bits per heavy atom. The zero-order valence-corrected chi connectivity index (χ0v) is 13.7. The quantitative estimate of drug-likeness (QED) is 0.931. The van der Waals surface area contributed by atoms with Crippen LogP contribution in [0.15, 0.2) is 48.5 Å². The van der Waals surface area contributed by atoms with Gasteiger partial charge in [0.2, 0.25) is 5.91 Å². The minimum Gasteiger partial charge on any atom is -0.457 e. The zero-order valence-electron chi connectivity index (χ0n) is 13.7. The summed E-state index contributed by atoms with van der Waals surface area (Å²) >= 11 is 0. The first kappa shape index (κ1) is 16.3. The fraction of sp³-hybridized carbons (Fsp3) is 0.316. The Morgan fingerprint density at radius 1 is 1.12 bits per heavy atom. The maximum absolute atomic E-state index is 13.0. The van der Waals surface area contributed by atoms with Crippen LogP contribution in [0.4, 0.5) is 10.1 Å². The van der Waals surface area contributed by atoms with Gasteiger partial charge in [0, 0.05) is 30.3 Å². The van der Waals surface area contributed by atoms with E-state index in [1.807, 2.05) is 31.2 Å². The number of ether oxygens (including phenoxy) is 1. The van der Waals surface area contributed by atoms with E-state index in [0.29, 0.717) is 11.5 Å². The first-order chi connectivity index (χ1) is 11.5. The van der Waals surface area contributed by atoms with Crippen molar-refractivity contribution in [3.8, 4) is 11.5 Å². The molecule has 126 valence electrons. The first-order valence-electron chi connectivity index (χ1n) is 8.05. The zero-order chi connectivity index (χ0) is 17.2. The summed E-state index contributed by atoms with van der Waals surface area (Å²) in [5.74, 6) is 0.772. The summed E-state index contributed by atoms with van der Waals surface area (Å²) < 4.78 is 18.7. The highest BCUT2D eigenvalue weighted by Gasteiger charge is 2.35. The summed E-state index contributed by atoms with van der Waals surface area (Å²) in [5.41, 5.74) is 6.13. The van der Waals surface area contributed by atoms with Crippen LogP contribution in [0.5, 0.6) is 11.5 Å². The number of carbonyl (C=O) groups is 1. The van der Waals surface area contributed by atoms with Crippen LogP contribution < -0.4 is 15.4 Å². The van der Waals surface area contributed by atoms with Gasteiger partial charge in [-0.3, -0.25) is 4.79 Å². The molecule has 1 saturated heterocycles. The molecule has 0 unspecified atom stereocenters. The van der Waals surface area contributed by atoms with Crippen molar-refractivity contribution in [3.63, 3.8) is 0 Å². The molecule has 0 aromatic heterocycles. The summed E-state index contributed by atoms with van der Waals surface area (Å²) in [6.45, 7) is 3.49. The molecule has 2 aromatic carbocycles. The highest BCUT2D eigenvalue weighted by Crippen LogP contribution is 2.34. The van der Waals surface area contributed by atoms with E-state index in [0.717, 1.165) is 31.6 Å². The Bertz CT molecular complexity index is 722. The third kappa shape index (κ3) is 3.50. The van der Waals surface area contributed by atoms with Gasteiger partial charge in [-0.1, -0.05) is 13.0 Å². The van der Waals surface area contributed by atoms with Gasteiger partial charge in [0.1, 0.15) is 17.3 Å². The van der Waals surface area contributed by atoms with E-state index < -0.39 is 5.41 Å². The molecule has 0 atom stereocenters. The Kier molecular flexibility index (Phi) is 4.42. The summed E-state index contributed by atoms with van der Waals surface area (Å²) in [4.78, 5) is 13.8. The maximum atomic E-state index is 13.0. The largest absolute Gasteiger partial charge is 0.457 e. The van der Waals surface area contributed by atoms with Crippen molar-refractivity contribution in [2.24, 2.45) is 11.1 Å². The molecule has 0 aliphatic carbocycles. The third-order valence-corrected chi connectivity index (χ3v) is 4.69. The molecule has 1 aliphatic rings. The minimum absolute atomic E-state index is 0.226. The number of benzene rings is 2. The number of anilines is 1. The second kappa shape index (κ2) is 6.51. The average molecular weight is 328 g/mol. The lowest BCUT2D eigenvalue weighted by Gasteiger charge is -2.38. The van der Waals surface area contributed by atoms with Crippen LogP contribution in [0, 0.1) is 11.2 Å². The van der Waals surface area contributed by atoms with Gasteiger partial charge in [0.25, 0.3) is 0 Å². The molecule has 0 saturated carbocycles. The second-order valence-corrected chi connectivity index (χ2v) is 6.47. The van der Waals surface area contributed by atoms with E-state index in [4.69, 9.17) is 10.5 Å². The number of halogens is 1. The van der Waals surface area contributed by atoms with Crippen molar-refractivity contribution < 1.29 is 13.9 Å². The average Bonchev–Trinajstić information content (AvgIpc) is 2.58. The highest BCUT2D eigenvalue weighted by molar-refractivity contribution is 5.80. The Morgan fingerprint density at radius 3 is 2.42 bits per heavy atom. The maximum Gasteiger partial charge on any atom is 0.223 e. The fourth-order valence-corrected chi connectivity index (χ4v) is 2.89. The van der Waals surface area contributed by atoms with Gasteiger partial charge in [0.15, 0.2) is 0 Å². The van der Waals surface area contributed by atoms with Gasteiger partial charge in [-0.25, -0.2) is 4.39 Å². The number of nitrogens with zero attached hydrogens (tertiary/aromatic N) is 1. The number of nitrogens with two attached hydrogens (primary N) is 1. The normalized spacial score (nSPS) is 16.7. The molecule has 0 bridgehead atoms. The predicted molar refractivity (Wildman–Crippen MR) is 91.7 cm³/mol. The van der Waals surface area contributed by atoms with E-state index in [1.165, 1.54) is 12.1 Å². The molecular formula is C19H21FN2O2. The van der Waals surface area contributed by atoms with Crippen LogP contribution in [-0.2, 0) is 4.79 Å². The van der Waals surface area contributed by atoms with Crippen molar-refractivity contribution in [2.75, 3.05) is 18.0 Å². The number of rotatable bonds is 4. The van der Waals surface area contributed by atoms with Crippen molar-refractivity contribution in [3.05, 3.63) is 54.3 Å². The number of piperidine rings is 1. The Labute approximate surface area is 141 Å². The summed E-state index contributed by atoms with van der Waals surface area (Å²) in [6.07, 6.45) is 1.48. The van der Waals surface area contributed by atoms with Gasteiger partial charge in [0.05, 0.1) is 0 Å². The molecule has 0 spiro atoms. The number of amides is 1. The van der Waals surface area contributed by atoms with Gasteiger partial charge in [-0.2, -0.15) is 0 Å². The molecular weight excluding hydrogens is 307 g/mol. The van der Waals surface area contributed by atoms with Crippen molar-refractivity contribution in [2.45, 2.75) is 19.8 Å². The molecule has 0 radical (unpaired) electrons. The molecule has 4 nitrogen and oxygen atoms in total. The predicted octanol–water partition coefficient (Wildman–Crippen LogP) is 3.71. The van der Waals surface area contributed by atoms with Crippen molar-refractivity contribution >= 4 is 11.6 Å². The lowest BCUT2D eigenvalue weighted by Crippen LogP contribution is -2.45. The fourth-order valence-electron chi connectivity index (χ4n) is 2.89. The molecule has 24 heavy (non-hydrogen) atoms. The van der Waals surface area contributed by atoms with Crippen LogP contribution >= 0.6 is 0 Å². The molecule has 2 aromatic rings. The number of hydrogen-bond donors (Lipinski definition) is 1. The molecule has 5 heteroatoms. The SMILES string of the molecule is CC1(C(N)=O)CCN(c2cccc(Oc3ccc(F)cc3)c2)CC1. The van der Waals surface area contributed by atoms with Gasteiger partial charge in [-0.05, 0) is 49.2 Å². The number of carbonyl (C=O) groups excluding carboxylic acids is 1. The van der Waals surface area contributed by atoms with Crippen LogP contribution in [0.3, 0.4) is 0 Å². The lowest BCUT2D eigenvalue weighted by molar-refractivity contribution is -0.127. The molecule has 1 amide bonds. The minimum atomic E-state index is -0.418. The molecule has 1 heterocycles. The molecule has 2 N–H and O–H groups in total. The van der Waals surface area contributed by atoms with E-state index in [2.05, 4.69) is 4.90 Å². The monoisotopic (exact) mass is 328 g/mol. The van der Waals surface area contributed by atoms with Crippen LogP contribution in [0.25, 0.3) is 0 Å². The van der Waals surface area contributed by atoms with E-state index in [1.54, 1.807) is 12.1 Å². The Hall–Kier alpha value is -2.56. The topological polar surface area (TPSA) is 55.6 Å². The first-order valence-corrected chi connectivity index (χ1v) is 8.05. The molecule has 1 aliphatic heterocycles. The van der Waals surface area contributed by atoms with Crippen LogP contribution in [-0.4, -0.2) is 19.0 Å². The van der Waals surface area contributed by atoms with Gasteiger partial charge >= 0.3 is 0 Å². The standard InChI is InChI=1S/C19H21FN2O2/c1-19(18(21)23)9-11-22(12-10-19)15-3-2-4-17(13-15)24-16-7-5-14(20)6-8-16/h2-8,13H,9-12H2,1H3,(H2,21,23). The highest BCUT2D eigenvalue weighted by atomic mass is 19.1. The van der Waals surface area contributed by atoms with Crippen molar-refractivity contribution in [1.82, 2.24) is 0 Å². The summed E-state index contributed by atoms with van der Waals surface area (Å²) in [6, 6.07) is 13.7. The number of primary amides is 1. The molecule has 1 fully saturated rings. The van der Waals surface area contributed by atoms with Crippen LogP contribution in [0.1, 0.15) is 19.8 Å². The molecule has 3 rings (SSSR count). The van der Waals surface area contributed by atoms with E-state index >= 15 is 0 Å². The lowest BCUT2D eigenvalue weighted by atomic mass is 9.79. The smallest absolute Gasteiger partial charge is 0.223 e.